The van der Waals surface area contributed by atoms with Crippen LogP contribution in [0.4, 0.5) is 4.79 Å². The lowest BCUT2D eigenvalue weighted by atomic mass is 9.98. The number of carbonyl (C=O) groups is 3. The van der Waals surface area contributed by atoms with Crippen molar-refractivity contribution in [3.63, 3.8) is 0 Å². The maximum atomic E-state index is 12.1. The Morgan fingerprint density at radius 2 is 1.61 bits per heavy atom. The number of alkyl carbamates (subject to hydrolysis) is 1. The summed E-state index contributed by atoms with van der Waals surface area (Å²) in [6, 6.07) is 15.3. The molecule has 1 atom stereocenters. The van der Waals surface area contributed by atoms with Crippen LogP contribution in [0.1, 0.15) is 42.7 Å². The van der Waals surface area contributed by atoms with Gasteiger partial charge in [0.05, 0.1) is 0 Å². The fourth-order valence-electron chi connectivity index (χ4n) is 4.10. The van der Waals surface area contributed by atoms with E-state index < -0.39 is 24.0 Å². The molecule has 2 aliphatic rings. The number of carboxylic acids is 1. The normalized spacial score (nSPS) is 15.5. The summed E-state index contributed by atoms with van der Waals surface area (Å²) in [5.74, 6) is -1.06. The summed E-state index contributed by atoms with van der Waals surface area (Å²) in [5, 5.41) is 14.3. The third kappa shape index (κ3) is 5.05. The lowest BCUT2D eigenvalue weighted by Gasteiger charge is -2.15. The number of rotatable bonds is 9. The van der Waals surface area contributed by atoms with E-state index in [0.29, 0.717) is 12.3 Å². The Morgan fingerprint density at radius 3 is 2.19 bits per heavy atom. The van der Waals surface area contributed by atoms with Crippen molar-refractivity contribution in [2.45, 2.75) is 37.6 Å². The molecule has 0 aliphatic heterocycles. The van der Waals surface area contributed by atoms with Crippen molar-refractivity contribution < 1.29 is 24.2 Å². The zero-order valence-electron chi connectivity index (χ0n) is 17.2. The summed E-state index contributed by atoms with van der Waals surface area (Å²) >= 11 is 0. The van der Waals surface area contributed by atoms with Crippen LogP contribution in [0.2, 0.25) is 0 Å². The van der Waals surface area contributed by atoms with E-state index in [2.05, 4.69) is 22.8 Å². The lowest BCUT2D eigenvalue weighted by Crippen LogP contribution is -2.42. The molecule has 4 rings (SSSR count). The second kappa shape index (κ2) is 9.20. The Hall–Kier alpha value is -3.35. The molecule has 0 spiro atoms. The van der Waals surface area contributed by atoms with Crippen LogP contribution in [0.25, 0.3) is 11.1 Å². The summed E-state index contributed by atoms with van der Waals surface area (Å²) in [6.07, 6.45) is 1.90. The van der Waals surface area contributed by atoms with Gasteiger partial charge in [-0.15, -0.1) is 0 Å². The molecule has 2 amide bonds. The van der Waals surface area contributed by atoms with E-state index in [0.717, 1.165) is 35.1 Å². The Bertz CT molecular complexity index is 940. The summed E-state index contributed by atoms with van der Waals surface area (Å²) in [4.78, 5) is 35.4. The van der Waals surface area contributed by atoms with Gasteiger partial charge < -0.3 is 20.5 Å². The van der Waals surface area contributed by atoms with Gasteiger partial charge >= 0.3 is 12.1 Å². The van der Waals surface area contributed by atoms with Gasteiger partial charge in [-0.2, -0.15) is 0 Å². The number of carbonyl (C=O) groups excluding carboxylic acids is 2. The first-order chi connectivity index (χ1) is 15.0. The zero-order valence-corrected chi connectivity index (χ0v) is 17.2. The summed E-state index contributed by atoms with van der Waals surface area (Å²) in [5.41, 5.74) is 4.57. The average molecular weight is 422 g/mol. The van der Waals surface area contributed by atoms with Crippen molar-refractivity contribution in [3.05, 3.63) is 59.7 Å². The van der Waals surface area contributed by atoms with Crippen LogP contribution in [0.3, 0.4) is 0 Å². The number of aliphatic carboxylic acids is 1. The van der Waals surface area contributed by atoms with E-state index >= 15 is 0 Å². The second-order valence-corrected chi connectivity index (χ2v) is 8.14. The van der Waals surface area contributed by atoms with Crippen molar-refractivity contribution in [2.24, 2.45) is 5.92 Å². The van der Waals surface area contributed by atoms with Gasteiger partial charge in [-0.1, -0.05) is 61.4 Å². The largest absolute Gasteiger partial charge is 0.480 e. The molecule has 1 unspecified atom stereocenters. The number of nitrogens with one attached hydrogen (secondary N) is 2. The first-order valence-electron chi connectivity index (χ1n) is 10.6. The minimum absolute atomic E-state index is 0.00135. The van der Waals surface area contributed by atoms with Gasteiger partial charge in [0.1, 0.15) is 12.6 Å². The van der Waals surface area contributed by atoms with E-state index in [1.54, 1.807) is 0 Å². The van der Waals surface area contributed by atoms with Crippen LogP contribution in [0, 0.1) is 5.92 Å². The third-order valence-electron chi connectivity index (χ3n) is 5.86. The van der Waals surface area contributed by atoms with Gasteiger partial charge in [0.25, 0.3) is 0 Å². The maximum absolute atomic E-state index is 12.1. The van der Waals surface area contributed by atoms with Crippen LogP contribution in [-0.4, -0.2) is 42.3 Å². The monoisotopic (exact) mass is 422 g/mol. The average Bonchev–Trinajstić information content (AvgIpc) is 3.52. The molecular formula is C24H26N2O5. The molecule has 1 saturated carbocycles. The highest BCUT2D eigenvalue weighted by atomic mass is 16.5. The number of hydrogen-bond acceptors (Lipinski definition) is 4. The molecule has 31 heavy (non-hydrogen) atoms. The van der Waals surface area contributed by atoms with Crippen LogP contribution in [0.5, 0.6) is 0 Å². The molecule has 162 valence electrons. The predicted molar refractivity (Wildman–Crippen MR) is 115 cm³/mol. The minimum Gasteiger partial charge on any atom is -0.480 e. The molecule has 0 heterocycles. The second-order valence-electron chi connectivity index (χ2n) is 8.14. The number of carboxylic acid groups (broad SMARTS) is 1. The van der Waals surface area contributed by atoms with Crippen LogP contribution in [0.15, 0.2) is 48.5 Å². The van der Waals surface area contributed by atoms with Crippen molar-refractivity contribution in [2.75, 3.05) is 13.2 Å². The van der Waals surface area contributed by atoms with E-state index in [9.17, 15) is 19.5 Å². The smallest absolute Gasteiger partial charge is 0.407 e. The Labute approximate surface area is 180 Å². The van der Waals surface area contributed by atoms with Gasteiger partial charge in [0, 0.05) is 18.9 Å². The molecule has 2 aliphatic carbocycles. The van der Waals surface area contributed by atoms with E-state index in [-0.39, 0.29) is 25.5 Å². The molecule has 2 aromatic rings. The summed E-state index contributed by atoms with van der Waals surface area (Å²) in [6.45, 7) is 0.285. The predicted octanol–water partition coefficient (Wildman–Crippen LogP) is 3.28. The first-order valence-corrected chi connectivity index (χ1v) is 10.6. The van der Waals surface area contributed by atoms with Crippen molar-refractivity contribution in [3.8, 4) is 11.1 Å². The molecule has 0 bridgehead atoms. The maximum Gasteiger partial charge on any atom is 0.407 e. The van der Waals surface area contributed by atoms with E-state index in [1.165, 1.54) is 0 Å². The fraction of sp³-hybridized carbons (Fsp3) is 0.375. The fourth-order valence-corrected chi connectivity index (χ4v) is 4.10. The molecule has 0 saturated heterocycles. The Kier molecular flexibility index (Phi) is 6.21. The molecule has 0 aromatic heterocycles. The molecule has 7 nitrogen and oxygen atoms in total. The molecule has 7 heteroatoms. The van der Waals surface area contributed by atoms with Crippen molar-refractivity contribution >= 4 is 18.0 Å². The standard InChI is InChI=1S/C24H26N2O5/c27-22(26-21(23(28)29)13-15-9-10-15)11-12-25-24(30)31-14-20-18-7-3-1-5-16(18)17-6-2-4-8-19(17)20/h1-8,15,20-21H,9-14H2,(H,25,30)(H,26,27)(H,28,29). The highest BCUT2D eigenvalue weighted by molar-refractivity contribution is 5.84. The third-order valence-corrected chi connectivity index (χ3v) is 5.86. The SMILES string of the molecule is O=C(CCNC(=O)OCC1c2ccccc2-c2ccccc21)NC(CC1CC1)C(=O)O. The zero-order chi connectivity index (χ0) is 21.8. The molecule has 3 N–H and O–H groups in total. The number of ether oxygens (including phenoxy) is 1. The molecule has 0 radical (unpaired) electrons. The number of amides is 2. The quantitative estimate of drug-likeness (QED) is 0.575. The van der Waals surface area contributed by atoms with Crippen LogP contribution in [-0.2, 0) is 14.3 Å². The number of fused-ring (bicyclic) bond motifs is 3. The number of hydrogen-bond donors (Lipinski definition) is 3. The highest BCUT2D eigenvalue weighted by Gasteiger charge is 2.30. The van der Waals surface area contributed by atoms with Gasteiger partial charge in [-0.3, -0.25) is 4.79 Å². The Morgan fingerprint density at radius 1 is 1.00 bits per heavy atom. The summed E-state index contributed by atoms with van der Waals surface area (Å²) < 4.78 is 5.43. The molecular weight excluding hydrogens is 396 g/mol. The summed E-state index contributed by atoms with van der Waals surface area (Å²) in [7, 11) is 0. The van der Waals surface area contributed by atoms with Gasteiger partial charge in [0.2, 0.25) is 5.91 Å². The lowest BCUT2D eigenvalue weighted by molar-refractivity contribution is -0.142. The first kappa shape index (κ1) is 20.9. The van der Waals surface area contributed by atoms with Gasteiger partial charge in [-0.25, -0.2) is 9.59 Å². The molecule has 2 aromatic carbocycles. The van der Waals surface area contributed by atoms with Crippen LogP contribution < -0.4 is 10.6 Å². The van der Waals surface area contributed by atoms with Crippen LogP contribution >= 0.6 is 0 Å². The Balaban J connectivity index is 1.24. The van der Waals surface area contributed by atoms with E-state index in [4.69, 9.17) is 4.74 Å². The number of benzene rings is 2. The van der Waals surface area contributed by atoms with Crippen molar-refractivity contribution in [1.29, 1.82) is 0 Å². The highest BCUT2D eigenvalue weighted by Crippen LogP contribution is 2.44. The van der Waals surface area contributed by atoms with Gasteiger partial charge in [0.15, 0.2) is 0 Å². The van der Waals surface area contributed by atoms with Gasteiger partial charge in [-0.05, 0) is 34.6 Å². The minimum atomic E-state index is -1.02. The topological polar surface area (TPSA) is 105 Å². The molecule has 1 fully saturated rings. The van der Waals surface area contributed by atoms with E-state index in [1.807, 2.05) is 36.4 Å². The van der Waals surface area contributed by atoms with Crippen molar-refractivity contribution in [1.82, 2.24) is 10.6 Å².